The van der Waals surface area contributed by atoms with Gasteiger partial charge in [0.1, 0.15) is 14.0 Å². The van der Waals surface area contributed by atoms with Crippen molar-refractivity contribution in [3.8, 4) is 0 Å². The third-order valence-corrected chi connectivity index (χ3v) is 5.66. The van der Waals surface area contributed by atoms with E-state index in [0.29, 0.717) is 14.4 Å². The smallest absolute Gasteiger partial charge is 0.147 e. The summed E-state index contributed by atoms with van der Waals surface area (Å²) in [5.41, 5.74) is 1.87. The normalized spacial score (nSPS) is 12.1. The molecule has 6 heteroatoms. The van der Waals surface area contributed by atoms with Gasteiger partial charge in [0.05, 0.1) is 5.69 Å². The second-order valence-corrected chi connectivity index (χ2v) is 6.65. The first kappa shape index (κ1) is 12.4. The van der Waals surface area contributed by atoms with Crippen molar-refractivity contribution in [2.24, 2.45) is 4.99 Å². The summed E-state index contributed by atoms with van der Waals surface area (Å²) >= 11 is 17.8. The van der Waals surface area contributed by atoms with Crippen LogP contribution in [0.1, 0.15) is 5.56 Å². The molecular weight excluding hydrogens is 305 g/mol. The molecule has 0 unspecified atom stereocenters. The van der Waals surface area contributed by atoms with E-state index < -0.39 is 0 Å². The van der Waals surface area contributed by atoms with Crippen LogP contribution >= 0.6 is 55.5 Å². The molecule has 0 saturated heterocycles. The molecule has 16 heavy (non-hydrogen) atoms. The standard InChI is InChI=1S/C10H6Cl3NS2/c1-5-4-6(11)2-3-7(5)14-10-8(12)9(13)15-16-10/h2-4H,1H3. The first-order chi connectivity index (χ1) is 7.58. The Balaban J connectivity index is 2.55. The molecule has 2 rings (SSSR count). The van der Waals surface area contributed by atoms with Crippen LogP contribution < -0.4 is 4.67 Å². The van der Waals surface area contributed by atoms with Crippen LogP contribution in [0.15, 0.2) is 23.2 Å². The molecular formula is C10H6Cl3NS2. The van der Waals surface area contributed by atoms with Gasteiger partial charge in [-0.2, -0.15) is 0 Å². The van der Waals surface area contributed by atoms with E-state index in [4.69, 9.17) is 34.8 Å². The molecule has 0 aliphatic carbocycles. The van der Waals surface area contributed by atoms with Crippen LogP contribution in [0.2, 0.25) is 14.4 Å². The average Bonchev–Trinajstić information content (AvgIpc) is 2.54. The fourth-order valence-electron chi connectivity index (χ4n) is 1.15. The lowest BCUT2D eigenvalue weighted by molar-refractivity contribution is 1.34. The second kappa shape index (κ2) is 5.07. The maximum absolute atomic E-state index is 6.01. The molecule has 1 aromatic heterocycles. The number of nitrogens with zero attached hydrogens (tertiary/aromatic N) is 1. The second-order valence-electron chi connectivity index (χ2n) is 3.10. The number of benzene rings is 1. The molecule has 0 N–H and O–H groups in total. The van der Waals surface area contributed by atoms with E-state index in [0.717, 1.165) is 15.9 Å². The largest absolute Gasteiger partial charge is 0.235 e. The topological polar surface area (TPSA) is 12.4 Å². The van der Waals surface area contributed by atoms with E-state index in [1.807, 2.05) is 19.1 Å². The average molecular weight is 311 g/mol. The molecule has 0 amide bonds. The van der Waals surface area contributed by atoms with Crippen molar-refractivity contribution in [1.82, 2.24) is 0 Å². The molecule has 0 spiro atoms. The van der Waals surface area contributed by atoms with Gasteiger partial charge in [0.15, 0.2) is 0 Å². The first-order valence-corrected chi connectivity index (χ1v) is 7.61. The monoisotopic (exact) mass is 309 g/mol. The van der Waals surface area contributed by atoms with E-state index in [2.05, 4.69) is 4.99 Å². The van der Waals surface area contributed by atoms with Gasteiger partial charge in [-0.05, 0) is 30.7 Å². The van der Waals surface area contributed by atoms with Gasteiger partial charge in [-0.15, -0.1) is 0 Å². The molecule has 1 nitrogen and oxygen atoms in total. The Morgan fingerprint density at radius 2 is 1.88 bits per heavy atom. The summed E-state index contributed by atoms with van der Waals surface area (Å²) in [5, 5.41) is 1.22. The fourth-order valence-corrected chi connectivity index (χ4v) is 4.12. The Kier molecular flexibility index (Phi) is 3.93. The zero-order valence-electron chi connectivity index (χ0n) is 8.13. The molecule has 0 aliphatic rings. The van der Waals surface area contributed by atoms with Gasteiger partial charge in [-0.1, -0.05) is 55.5 Å². The van der Waals surface area contributed by atoms with Crippen LogP contribution in [0, 0.1) is 6.92 Å². The quantitative estimate of drug-likeness (QED) is 0.633. The van der Waals surface area contributed by atoms with Crippen molar-refractivity contribution in [1.29, 1.82) is 0 Å². The molecule has 0 saturated carbocycles. The highest BCUT2D eigenvalue weighted by Crippen LogP contribution is 2.28. The molecule has 1 heterocycles. The molecule has 1 aromatic carbocycles. The summed E-state index contributed by atoms with van der Waals surface area (Å²) in [6.07, 6.45) is 0. The Morgan fingerprint density at radius 1 is 1.12 bits per heavy atom. The van der Waals surface area contributed by atoms with Crippen LogP contribution in [0.5, 0.6) is 0 Å². The lowest BCUT2D eigenvalue weighted by Crippen LogP contribution is -1.92. The summed E-state index contributed by atoms with van der Waals surface area (Å²) < 4.78 is 1.32. The predicted molar refractivity (Wildman–Crippen MR) is 73.6 cm³/mol. The van der Waals surface area contributed by atoms with Gasteiger partial charge >= 0.3 is 0 Å². The minimum Gasteiger partial charge on any atom is -0.235 e. The van der Waals surface area contributed by atoms with Crippen molar-refractivity contribution in [3.05, 3.63) is 42.8 Å². The summed E-state index contributed by atoms with van der Waals surface area (Å²) in [7, 11) is 2.88. The lowest BCUT2D eigenvalue weighted by Gasteiger charge is -1.98. The highest BCUT2D eigenvalue weighted by molar-refractivity contribution is 7.69. The van der Waals surface area contributed by atoms with E-state index in [-0.39, 0.29) is 0 Å². The van der Waals surface area contributed by atoms with Gasteiger partial charge in [0.25, 0.3) is 0 Å². The van der Waals surface area contributed by atoms with Gasteiger partial charge in [0.2, 0.25) is 0 Å². The van der Waals surface area contributed by atoms with Crippen LogP contribution in [0.4, 0.5) is 5.69 Å². The van der Waals surface area contributed by atoms with Crippen molar-refractivity contribution < 1.29 is 0 Å². The Bertz CT molecular complexity index is 586. The van der Waals surface area contributed by atoms with Crippen LogP contribution in [-0.4, -0.2) is 0 Å². The van der Waals surface area contributed by atoms with Crippen molar-refractivity contribution >= 4 is 61.2 Å². The third-order valence-electron chi connectivity index (χ3n) is 1.93. The molecule has 0 bridgehead atoms. The summed E-state index contributed by atoms with van der Waals surface area (Å²) in [4.78, 5) is 4.46. The van der Waals surface area contributed by atoms with E-state index in [1.54, 1.807) is 6.07 Å². The Labute approximate surface area is 115 Å². The first-order valence-electron chi connectivity index (χ1n) is 4.33. The number of rotatable bonds is 1. The zero-order chi connectivity index (χ0) is 11.7. The maximum Gasteiger partial charge on any atom is 0.147 e. The van der Waals surface area contributed by atoms with Crippen molar-refractivity contribution in [2.75, 3.05) is 0 Å². The van der Waals surface area contributed by atoms with Gasteiger partial charge in [-0.25, -0.2) is 4.99 Å². The predicted octanol–water partition coefficient (Wildman–Crippen LogP) is 5.31. The highest BCUT2D eigenvalue weighted by atomic mass is 35.5. The molecule has 0 aliphatic heterocycles. The number of hydrogen-bond donors (Lipinski definition) is 0. The third kappa shape index (κ3) is 2.60. The molecule has 84 valence electrons. The fraction of sp³-hybridized carbons (Fsp3) is 0.100. The van der Waals surface area contributed by atoms with Crippen LogP contribution in [0.3, 0.4) is 0 Å². The van der Waals surface area contributed by atoms with Crippen LogP contribution in [-0.2, 0) is 0 Å². The van der Waals surface area contributed by atoms with E-state index in [9.17, 15) is 0 Å². The Hall–Kier alpha value is -0.0600. The van der Waals surface area contributed by atoms with Crippen LogP contribution in [0.25, 0.3) is 0 Å². The van der Waals surface area contributed by atoms with Crippen molar-refractivity contribution in [2.45, 2.75) is 6.92 Å². The number of hydrogen-bond acceptors (Lipinski definition) is 3. The van der Waals surface area contributed by atoms with E-state index >= 15 is 0 Å². The summed E-state index contributed by atoms with van der Waals surface area (Å²) in [6, 6.07) is 5.54. The van der Waals surface area contributed by atoms with Gasteiger partial charge < -0.3 is 0 Å². The SMILES string of the molecule is Cc1cc(Cl)ccc1N=c1ssc(Cl)c1Cl. The zero-order valence-corrected chi connectivity index (χ0v) is 12.0. The number of aryl methyl sites for hydroxylation is 1. The molecule has 0 fully saturated rings. The molecule has 0 radical (unpaired) electrons. The van der Waals surface area contributed by atoms with E-state index in [1.165, 1.54) is 20.7 Å². The Morgan fingerprint density at radius 3 is 2.44 bits per heavy atom. The summed E-state index contributed by atoms with van der Waals surface area (Å²) in [6.45, 7) is 1.96. The minimum absolute atomic E-state index is 0.519. The molecule has 0 atom stereocenters. The van der Waals surface area contributed by atoms with Gasteiger partial charge in [-0.3, -0.25) is 0 Å². The lowest BCUT2D eigenvalue weighted by atomic mass is 10.2. The highest BCUT2D eigenvalue weighted by Gasteiger charge is 2.04. The molecule has 2 aromatic rings. The van der Waals surface area contributed by atoms with Crippen molar-refractivity contribution in [3.63, 3.8) is 0 Å². The minimum atomic E-state index is 0.519. The van der Waals surface area contributed by atoms with Gasteiger partial charge in [0, 0.05) is 5.02 Å². The number of halogens is 3. The maximum atomic E-state index is 6.01. The summed E-state index contributed by atoms with van der Waals surface area (Å²) in [5.74, 6) is 0.